The number of ether oxygens (including phenoxy) is 2. The van der Waals surface area contributed by atoms with Gasteiger partial charge in [-0.3, -0.25) is 4.79 Å². The first kappa shape index (κ1) is 30.1. The Bertz CT molecular complexity index is 1010. The molecule has 1 aliphatic carbocycles. The molecule has 1 fully saturated rings. The van der Waals surface area contributed by atoms with Crippen LogP contribution in [0.15, 0.2) is 54.6 Å². The van der Waals surface area contributed by atoms with E-state index in [9.17, 15) is 14.0 Å². The van der Waals surface area contributed by atoms with Crippen molar-refractivity contribution in [1.82, 2.24) is 0 Å². The summed E-state index contributed by atoms with van der Waals surface area (Å²) in [6.45, 7) is 9.26. The summed E-state index contributed by atoms with van der Waals surface area (Å²) in [5, 5.41) is 9.17. The van der Waals surface area contributed by atoms with E-state index < -0.39 is 11.8 Å². The molecule has 0 saturated heterocycles. The van der Waals surface area contributed by atoms with E-state index in [0.29, 0.717) is 16.9 Å². The molecule has 0 aromatic heterocycles. The molecule has 5 nitrogen and oxygen atoms in total. The smallest absolute Gasteiger partial charge is 0.333 e. The monoisotopic (exact) mass is 512 g/mol. The van der Waals surface area contributed by atoms with Gasteiger partial charge in [0, 0.05) is 11.1 Å². The predicted octanol–water partition coefficient (Wildman–Crippen LogP) is 7.46. The highest BCUT2D eigenvalue weighted by molar-refractivity contribution is 5.94. The zero-order valence-corrected chi connectivity index (χ0v) is 22.4. The number of rotatable bonds is 11. The average Bonchev–Trinajstić information content (AvgIpc) is 2.89. The van der Waals surface area contributed by atoms with Crippen LogP contribution in [0.2, 0.25) is 0 Å². The molecule has 1 aliphatic rings. The van der Waals surface area contributed by atoms with E-state index in [1.54, 1.807) is 31.2 Å². The fraction of sp³-hybridized carbons (Fsp3) is 0.484. The van der Waals surface area contributed by atoms with Crippen LogP contribution in [-0.2, 0) is 16.0 Å². The molecule has 2 aromatic carbocycles. The third-order valence-corrected chi connectivity index (χ3v) is 6.71. The Labute approximate surface area is 220 Å². The predicted molar refractivity (Wildman–Crippen MR) is 144 cm³/mol. The maximum atomic E-state index is 13.2. The molecule has 1 saturated carbocycles. The molecule has 0 unspecified atom stereocenters. The number of hydrogen-bond acceptors (Lipinski definition) is 5. The van der Waals surface area contributed by atoms with E-state index in [4.69, 9.17) is 14.6 Å². The van der Waals surface area contributed by atoms with Crippen molar-refractivity contribution in [1.29, 1.82) is 0 Å². The topological polar surface area (TPSA) is 72.8 Å². The average molecular weight is 513 g/mol. The fourth-order valence-corrected chi connectivity index (χ4v) is 4.50. The molecule has 37 heavy (non-hydrogen) atoms. The lowest BCUT2D eigenvalue weighted by Gasteiger charge is -2.28. The Morgan fingerprint density at radius 3 is 2.14 bits per heavy atom. The summed E-state index contributed by atoms with van der Waals surface area (Å²) < 4.78 is 23.5. The Morgan fingerprint density at radius 1 is 0.973 bits per heavy atom. The summed E-state index contributed by atoms with van der Waals surface area (Å²) in [6.07, 6.45) is 10.2. The number of phenolic OH excluding ortho intramolecular Hbond substituents is 1. The van der Waals surface area contributed by atoms with Crippen LogP contribution in [0.25, 0.3) is 0 Å². The second-order valence-corrected chi connectivity index (χ2v) is 9.85. The molecule has 3 rings (SSSR count). The molecule has 1 N–H and O–H groups in total. The van der Waals surface area contributed by atoms with Gasteiger partial charge in [0.1, 0.15) is 19.0 Å². The van der Waals surface area contributed by atoms with Gasteiger partial charge in [0.15, 0.2) is 17.3 Å². The zero-order valence-electron chi connectivity index (χ0n) is 22.4. The van der Waals surface area contributed by atoms with E-state index in [0.717, 1.165) is 30.2 Å². The summed E-state index contributed by atoms with van der Waals surface area (Å²) in [6, 6.07) is 11.6. The van der Waals surface area contributed by atoms with Gasteiger partial charge in [-0.1, -0.05) is 58.1 Å². The van der Waals surface area contributed by atoms with Gasteiger partial charge in [0.05, 0.1) is 0 Å². The highest BCUT2D eigenvalue weighted by Gasteiger charge is 2.20. The molecule has 2 aromatic rings. The molecule has 0 radical (unpaired) electrons. The van der Waals surface area contributed by atoms with E-state index in [-0.39, 0.29) is 24.7 Å². The second-order valence-electron chi connectivity index (χ2n) is 9.85. The Kier molecular flexibility index (Phi) is 12.9. The van der Waals surface area contributed by atoms with Crippen molar-refractivity contribution in [3.05, 3.63) is 71.6 Å². The standard InChI is InChI=1S/C17H25FO.C14H16O4/c1-2-3-13-4-6-14(7-5-13)8-9-15-10-11-17(19)16(18)12-15;1-10(2)14(16)18-9-8-17-13-6-4-12(5-7-13)11(3)15/h10-14,19H,2-9H2,1H3;4-7H,1,8-9H2,2-3H3. The number of hydrogen-bond donors (Lipinski definition) is 1. The molecule has 0 amide bonds. The number of ketones is 1. The van der Waals surface area contributed by atoms with Crippen molar-refractivity contribution in [3.63, 3.8) is 0 Å². The molecule has 6 heteroatoms. The minimum absolute atomic E-state index is 0.0111. The fourth-order valence-electron chi connectivity index (χ4n) is 4.50. The van der Waals surface area contributed by atoms with Crippen LogP contribution < -0.4 is 4.74 Å². The van der Waals surface area contributed by atoms with E-state index >= 15 is 0 Å². The maximum Gasteiger partial charge on any atom is 0.333 e. The number of benzene rings is 2. The maximum absolute atomic E-state index is 13.2. The third-order valence-electron chi connectivity index (χ3n) is 6.71. The van der Waals surface area contributed by atoms with Gasteiger partial charge in [-0.2, -0.15) is 0 Å². The molecular formula is C31H41FO5. The quantitative estimate of drug-likeness (QED) is 0.146. The van der Waals surface area contributed by atoms with Crippen LogP contribution in [0, 0.1) is 17.7 Å². The molecular weight excluding hydrogens is 471 g/mol. The van der Waals surface area contributed by atoms with Gasteiger partial charge in [-0.25, -0.2) is 9.18 Å². The summed E-state index contributed by atoms with van der Waals surface area (Å²) in [7, 11) is 0. The molecule has 0 heterocycles. The lowest BCUT2D eigenvalue weighted by Crippen LogP contribution is -2.15. The SMILES string of the molecule is C=C(C)C(=O)OCCOc1ccc(C(C)=O)cc1.CCCC1CCC(CCc2ccc(O)c(F)c2)CC1. The van der Waals surface area contributed by atoms with E-state index in [1.807, 2.05) is 6.07 Å². The highest BCUT2D eigenvalue weighted by atomic mass is 19.1. The van der Waals surface area contributed by atoms with Gasteiger partial charge in [0.2, 0.25) is 0 Å². The van der Waals surface area contributed by atoms with Crippen LogP contribution in [-0.4, -0.2) is 30.1 Å². The van der Waals surface area contributed by atoms with E-state index in [2.05, 4.69) is 13.5 Å². The van der Waals surface area contributed by atoms with Crippen molar-refractivity contribution in [2.45, 2.75) is 72.1 Å². The number of halogens is 1. The summed E-state index contributed by atoms with van der Waals surface area (Å²) in [5.41, 5.74) is 2.00. The van der Waals surface area contributed by atoms with Gasteiger partial charge >= 0.3 is 5.97 Å². The molecule has 0 aliphatic heterocycles. The van der Waals surface area contributed by atoms with Crippen LogP contribution in [0.5, 0.6) is 11.5 Å². The van der Waals surface area contributed by atoms with Crippen molar-refractivity contribution < 1.29 is 28.6 Å². The molecule has 202 valence electrons. The van der Waals surface area contributed by atoms with Crippen LogP contribution in [0.3, 0.4) is 0 Å². The van der Waals surface area contributed by atoms with Crippen molar-refractivity contribution >= 4 is 11.8 Å². The first-order valence-corrected chi connectivity index (χ1v) is 13.2. The number of phenols is 1. The number of aromatic hydroxyl groups is 1. The van der Waals surface area contributed by atoms with Gasteiger partial charge in [-0.05, 0) is 80.5 Å². The normalized spacial score (nSPS) is 16.8. The number of carbonyl (C=O) groups is 2. The van der Waals surface area contributed by atoms with Crippen molar-refractivity contribution in [2.75, 3.05) is 13.2 Å². The third kappa shape index (κ3) is 11.2. The van der Waals surface area contributed by atoms with Gasteiger partial charge in [0.25, 0.3) is 0 Å². The Balaban J connectivity index is 0.000000261. The molecule has 0 bridgehead atoms. The Morgan fingerprint density at radius 2 is 1.59 bits per heavy atom. The lowest BCUT2D eigenvalue weighted by molar-refractivity contribution is -0.139. The summed E-state index contributed by atoms with van der Waals surface area (Å²) in [4.78, 5) is 22.1. The number of Topliss-reactive ketones (excluding diaryl/α,β-unsaturated/α-hetero) is 1. The summed E-state index contributed by atoms with van der Waals surface area (Å²) >= 11 is 0. The number of esters is 1. The number of carbonyl (C=O) groups excluding carboxylic acids is 2. The molecule has 0 atom stereocenters. The minimum atomic E-state index is -0.496. The second kappa shape index (κ2) is 15.9. The van der Waals surface area contributed by atoms with Gasteiger partial charge < -0.3 is 14.6 Å². The lowest BCUT2D eigenvalue weighted by atomic mass is 9.78. The minimum Gasteiger partial charge on any atom is -0.505 e. The number of aryl methyl sites for hydroxylation is 1. The first-order chi connectivity index (χ1) is 17.7. The van der Waals surface area contributed by atoms with Crippen molar-refractivity contribution in [3.8, 4) is 11.5 Å². The molecule has 0 spiro atoms. The van der Waals surface area contributed by atoms with Crippen LogP contribution in [0.1, 0.15) is 81.6 Å². The highest BCUT2D eigenvalue weighted by Crippen LogP contribution is 2.34. The van der Waals surface area contributed by atoms with Gasteiger partial charge in [-0.15, -0.1) is 0 Å². The van der Waals surface area contributed by atoms with Crippen LogP contribution >= 0.6 is 0 Å². The van der Waals surface area contributed by atoms with Crippen LogP contribution in [0.4, 0.5) is 4.39 Å². The first-order valence-electron chi connectivity index (χ1n) is 13.2. The van der Waals surface area contributed by atoms with Crippen molar-refractivity contribution in [2.24, 2.45) is 11.8 Å². The largest absolute Gasteiger partial charge is 0.505 e. The van der Waals surface area contributed by atoms with E-state index in [1.165, 1.54) is 57.6 Å². The zero-order chi connectivity index (χ0) is 27.2. The Hall–Kier alpha value is -3.15. The summed E-state index contributed by atoms with van der Waals surface area (Å²) in [5.74, 6) is 1.24.